The molecule has 3 heterocycles. The Morgan fingerprint density at radius 1 is 1.14 bits per heavy atom. The predicted molar refractivity (Wildman–Crippen MR) is 146 cm³/mol. The summed E-state index contributed by atoms with van der Waals surface area (Å²) in [6, 6.07) is 14.8. The fraction of sp³-hybridized carbons (Fsp3) is 0.179. The van der Waals surface area contributed by atoms with Gasteiger partial charge in [0.1, 0.15) is 5.75 Å². The van der Waals surface area contributed by atoms with E-state index in [-0.39, 0.29) is 23.6 Å². The molecule has 0 unspecified atom stereocenters. The topological polar surface area (TPSA) is 83.7 Å². The molecule has 0 saturated carbocycles. The van der Waals surface area contributed by atoms with Crippen molar-refractivity contribution in [1.82, 2.24) is 4.57 Å². The highest BCUT2D eigenvalue weighted by molar-refractivity contribution is 7.16. The van der Waals surface area contributed by atoms with Crippen LogP contribution in [0.25, 0.3) is 10.4 Å². The number of phenols is 1. The molecule has 0 radical (unpaired) electrons. The van der Waals surface area contributed by atoms with Gasteiger partial charge in [-0.2, -0.15) is 0 Å². The molecule has 5 rings (SSSR count). The number of pyridine rings is 1. The molecule has 0 aliphatic carbocycles. The Morgan fingerprint density at radius 2 is 1.83 bits per heavy atom. The Hall–Kier alpha value is -3.68. The molecule has 36 heavy (non-hydrogen) atoms. The number of halogens is 1. The minimum absolute atomic E-state index is 0.0467. The van der Waals surface area contributed by atoms with Gasteiger partial charge in [0.25, 0.3) is 5.56 Å². The summed E-state index contributed by atoms with van der Waals surface area (Å²) in [5.41, 5.74) is 5.85. The number of thiophene rings is 1. The van der Waals surface area contributed by atoms with Crippen LogP contribution in [0.1, 0.15) is 39.6 Å². The molecule has 2 aromatic carbocycles. The number of hydrogen-bond donors (Lipinski definition) is 2. The fourth-order valence-electron chi connectivity index (χ4n) is 4.42. The summed E-state index contributed by atoms with van der Waals surface area (Å²) < 4.78 is 1.56. The summed E-state index contributed by atoms with van der Waals surface area (Å²) in [7, 11) is 1.73. The lowest BCUT2D eigenvalue weighted by Gasteiger charge is -2.16. The van der Waals surface area contributed by atoms with Crippen LogP contribution in [0, 0.1) is 13.8 Å². The molecule has 1 aliphatic rings. The number of phenolic OH excluding ortho intramolecular Hbond substituents is 1. The lowest BCUT2D eigenvalue weighted by Crippen LogP contribution is -2.20. The molecule has 4 aromatic rings. The summed E-state index contributed by atoms with van der Waals surface area (Å²) in [5.74, 6) is -0.120. The van der Waals surface area contributed by atoms with Gasteiger partial charge in [0.2, 0.25) is 5.91 Å². The summed E-state index contributed by atoms with van der Waals surface area (Å²) in [4.78, 5) is 33.2. The number of aromatic nitrogens is 1. The third kappa shape index (κ3) is 4.47. The van der Waals surface area contributed by atoms with Gasteiger partial charge in [-0.25, -0.2) is 0 Å². The monoisotopic (exact) mass is 517 g/mol. The van der Waals surface area contributed by atoms with E-state index in [0.717, 1.165) is 38.4 Å². The number of carbonyl (C=O) groups is 1. The van der Waals surface area contributed by atoms with Gasteiger partial charge in [0, 0.05) is 56.5 Å². The van der Waals surface area contributed by atoms with Crippen molar-refractivity contribution in [1.29, 1.82) is 0 Å². The molecule has 0 fully saturated rings. The van der Waals surface area contributed by atoms with Gasteiger partial charge >= 0.3 is 0 Å². The van der Waals surface area contributed by atoms with Gasteiger partial charge in [-0.1, -0.05) is 23.7 Å². The molecule has 1 aliphatic heterocycles. The Balaban J connectivity index is 1.67. The van der Waals surface area contributed by atoms with Crippen LogP contribution >= 0.6 is 22.9 Å². The van der Waals surface area contributed by atoms with Crippen LogP contribution in [0.5, 0.6) is 5.75 Å². The van der Waals surface area contributed by atoms with Crippen LogP contribution in [0.3, 0.4) is 0 Å². The van der Waals surface area contributed by atoms with Gasteiger partial charge in [-0.3, -0.25) is 14.6 Å². The summed E-state index contributed by atoms with van der Waals surface area (Å²) in [5, 5.41) is 13.0. The van der Waals surface area contributed by atoms with E-state index in [1.807, 2.05) is 30.5 Å². The first kappa shape index (κ1) is 24.0. The SMILES string of the molecule is Cc1sc2c(c1C)C(c1ccc(Cl)cc1)=N[C@H](CC(=O)Nc1ccc(O)cc1)c1cc(=O)n(C)cc1-2. The molecular weight excluding hydrogens is 494 g/mol. The minimum Gasteiger partial charge on any atom is -0.508 e. The van der Waals surface area contributed by atoms with E-state index in [1.165, 1.54) is 17.0 Å². The standard InChI is InChI=1S/C28H24ClN3O3S/c1-15-16(2)36-28-22-14-32(3)25(35)12-21(22)23(13-24(34)30-19-8-10-20(33)11-9-19)31-27(26(15)28)17-4-6-18(29)7-5-17/h4-12,14,23,33H,13H2,1-3H3,(H,30,34)/t23-/m1/s1. The zero-order valence-electron chi connectivity index (χ0n) is 20.0. The van der Waals surface area contributed by atoms with Gasteiger partial charge in [-0.05, 0) is 61.4 Å². The molecule has 2 aromatic heterocycles. The highest BCUT2D eigenvalue weighted by Gasteiger charge is 2.30. The van der Waals surface area contributed by atoms with Crippen LogP contribution in [0.4, 0.5) is 5.69 Å². The maximum atomic E-state index is 13.1. The van der Waals surface area contributed by atoms with Crippen LogP contribution in [-0.2, 0) is 11.8 Å². The minimum atomic E-state index is -0.573. The Kier molecular flexibility index (Phi) is 6.28. The normalized spacial score (nSPS) is 14.4. The summed E-state index contributed by atoms with van der Waals surface area (Å²) >= 11 is 7.83. The van der Waals surface area contributed by atoms with Gasteiger partial charge < -0.3 is 15.0 Å². The number of nitrogens with one attached hydrogen (secondary N) is 1. The molecule has 0 spiro atoms. The summed E-state index contributed by atoms with van der Waals surface area (Å²) in [6.07, 6.45) is 1.89. The first-order valence-corrected chi connectivity index (χ1v) is 12.6. The van der Waals surface area contributed by atoms with E-state index in [9.17, 15) is 14.7 Å². The largest absolute Gasteiger partial charge is 0.508 e. The second-order valence-corrected chi connectivity index (χ2v) is 10.5. The number of amides is 1. The van der Waals surface area contributed by atoms with Crippen molar-refractivity contribution in [3.63, 3.8) is 0 Å². The first-order chi connectivity index (χ1) is 17.2. The van der Waals surface area contributed by atoms with Gasteiger partial charge in [-0.15, -0.1) is 11.3 Å². The number of rotatable bonds is 4. The van der Waals surface area contributed by atoms with E-state index in [4.69, 9.17) is 16.6 Å². The number of hydrogen-bond acceptors (Lipinski definition) is 5. The van der Waals surface area contributed by atoms with Crippen molar-refractivity contribution >= 4 is 40.2 Å². The molecule has 6 nitrogen and oxygen atoms in total. The predicted octanol–water partition coefficient (Wildman–Crippen LogP) is 6.01. The summed E-state index contributed by atoms with van der Waals surface area (Å²) in [6.45, 7) is 4.16. The van der Waals surface area contributed by atoms with Crippen molar-refractivity contribution in [2.75, 3.05) is 5.32 Å². The highest BCUT2D eigenvalue weighted by Crippen LogP contribution is 2.44. The molecular formula is C28H24ClN3O3S. The van der Waals surface area contributed by atoms with Crippen molar-refractivity contribution in [3.8, 4) is 16.2 Å². The van der Waals surface area contributed by atoms with E-state index < -0.39 is 6.04 Å². The zero-order valence-corrected chi connectivity index (χ0v) is 21.6. The van der Waals surface area contributed by atoms with Gasteiger partial charge in [0.05, 0.1) is 18.2 Å². The number of nitrogens with zero attached hydrogens (tertiary/aromatic N) is 2. The van der Waals surface area contributed by atoms with E-state index in [1.54, 1.807) is 41.2 Å². The van der Waals surface area contributed by atoms with Crippen LogP contribution in [0.2, 0.25) is 5.02 Å². The lowest BCUT2D eigenvalue weighted by molar-refractivity contribution is -0.116. The number of benzene rings is 2. The van der Waals surface area contributed by atoms with Crippen LogP contribution < -0.4 is 10.9 Å². The average Bonchev–Trinajstić information content (AvgIpc) is 3.07. The van der Waals surface area contributed by atoms with Crippen molar-refractivity contribution in [3.05, 3.63) is 103 Å². The van der Waals surface area contributed by atoms with Crippen molar-refractivity contribution < 1.29 is 9.90 Å². The maximum Gasteiger partial charge on any atom is 0.250 e. The molecule has 8 heteroatoms. The highest BCUT2D eigenvalue weighted by atomic mass is 35.5. The molecule has 2 N–H and O–H groups in total. The molecule has 1 atom stereocenters. The van der Waals surface area contributed by atoms with E-state index >= 15 is 0 Å². The molecule has 0 saturated heterocycles. The Labute approximate surface area is 217 Å². The average molecular weight is 518 g/mol. The second kappa shape index (κ2) is 9.41. The lowest BCUT2D eigenvalue weighted by atomic mass is 9.95. The number of aryl methyl sites for hydroxylation is 2. The number of aromatic hydroxyl groups is 1. The third-order valence-electron chi connectivity index (χ3n) is 6.42. The molecule has 1 amide bonds. The Bertz CT molecular complexity index is 1570. The number of aliphatic imine (C=N–C) groups is 1. The maximum absolute atomic E-state index is 13.1. The number of anilines is 1. The number of carbonyl (C=O) groups excluding carboxylic acids is 1. The second-order valence-electron chi connectivity index (χ2n) is 8.88. The van der Waals surface area contributed by atoms with E-state index in [2.05, 4.69) is 19.2 Å². The fourth-order valence-corrected chi connectivity index (χ4v) is 5.74. The van der Waals surface area contributed by atoms with E-state index in [0.29, 0.717) is 10.7 Å². The Morgan fingerprint density at radius 3 is 2.53 bits per heavy atom. The third-order valence-corrected chi connectivity index (χ3v) is 7.91. The van der Waals surface area contributed by atoms with Crippen molar-refractivity contribution in [2.45, 2.75) is 26.3 Å². The van der Waals surface area contributed by atoms with Crippen molar-refractivity contribution in [2.24, 2.45) is 12.0 Å². The molecule has 182 valence electrons. The number of fused-ring (bicyclic) bond motifs is 3. The van der Waals surface area contributed by atoms with Crippen LogP contribution in [-0.4, -0.2) is 21.3 Å². The quantitative estimate of drug-likeness (QED) is 0.325. The smallest absolute Gasteiger partial charge is 0.250 e. The molecule has 0 bridgehead atoms. The van der Waals surface area contributed by atoms with Crippen LogP contribution in [0.15, 0.2) is 70.6 Å². The zero-order chi connectivity index (χ0) is 25.6. The van der Waals surface area contributed by atoms with Gasteiger partial charge in [0.15, 0.2) is 0 Å². The first-order valence-electron chi connectivity index (χ1n) is 11.4.